The summed E-state index contributed by atoms with van der Waals surface area (Å²) in [7, 11) is -3.27. The van der Waals surface area contributed by atoms with Crippen LogP contribution < -0.4 is 4.74 Å². The van der Waals surface area contributed by atoms with Crippen molar-refractivity contribution in [2.45, 2.75) is 11.3 Å². The van der Waals surface area contributed by atoms with Gasteiger partial charge in [-0.05, 0) is 42.0 Å². The van der Waals surface area contributed by atoms with Gasteiger partial charge in [0, 0.05) is 29.4 Å². The number of rotatable bonds is 3. The number of allylic oxidation sites excluding steroid dienone is 1. The van der Waals surface area contributed by atoms with Gasteiger partial charge in [0.1, 0.15) is 11.5 Å². The average molecular weight is 431 g/mol. The molecule has 3 nitrogen and oxygen atoms in total. The van der Waals surface area contributed by atoms with Crippen molar-refractivity contribution in [2.75, 3.05) is 6.26 Å². The normalized spacial score (nSPS) is 13.8. The molecule has 0 atom stereocenters. The number of fused-ring (bicyclic) bond motifs is 1. The molecule has 3 aromatic carbocycles. The zero-order valence-electron chi connectivity index (χ0n) is 14.9. The first-order chi connectivity index (χ1) is 13.3. The second-order valence-corrected chi connectivity index (χ2v) is 9.39. The number of benzene rings is 3. The highest BCUT2D eigenvalue weighted by atomic mass is 35.5. The van der Waals surface area contributed by atoms with E-state index in [2.05, 4.69) is 0 Å². The summed E-state index contributed by atoms with van der Waals surface area (Å²) in [5, 5.41) is 0.935. The van der Waals surface area contributed by atoms with E-state index in [9.17, 15) is 8.42 Å². The van der Waals surface area contributed by atoms with Crippen molar-refractivity contribution in [1.29, 1.82) is 0 Å². The molecule has 1 aliphatic heterocycles. The number of halogens is 2. The monoisotopic (exact) mass is 430 g/mol. The van der Waals surface area contributed by atoms with Gasteiger partial charge in [0.2, 0.25) is 0 Å². The molecule has 0 N–H and O–H groups in total. The molecular formula is C22H16Cl2O3S. The SMILES string of the molecule is CS(=O)(=O)c1ccc(C2=C(c3cccc(Cl)c3Cl)Cc3ccccc3O2)cc1. The molecule has 28 heavy (non-hydrogen) atoms. The molecule has 0 aromatic heterocycles. The van der Waals surface area contributed by atoms with Crippen molar-refractivity contribution in [1.82, 2.24) is 0 Å². The molecule has 0 bridgehead atoms. The molecule has 4 rings (SSSR count). The lowest BCUT2D eigenvalue weighted by Gasteiger charge is -2.25. The smallest absolute Gasteiger partial charge is 0.175 e. The molecule has 1 aliphatic rings. The van der Waals surface area contributed by atoms with Crippen LogP contribution in [0.4, 0.5) is 0 Å². The lowest BCUT2D eigenvalue weighted by molar-refractivity contribution is 0.502. The van der Waals surface area contributed by atoms with E-state index in [1.54, 1.807) is 30.3 Å². The summed E-state index contributed by atoms with van der Waals surface area (Å²) < 4.78 is 29.8. The maximum atomic E-state index is 11.8. The van der Waals surface area contributed by atoms with E-state index >= 15 is 0 Å². The van der Waals surface area contributed by atoms with Crippen molar-refractivity contribution >= 4 is 44.4 Å². The molecule has 0 unspecified atom stereocenters. The van der Waals surface area contributed by atoms with Crippen LogP contribution in [0, 0.1) is 0 Å². The van der Waals surface area contributed by atoms with Crippen LogP contribution in [0.1, 0.15) is 16.7 Å². The molecule has 3 aromatic rings. The molecular weight excluding hydrogens is 415 g/mol. The Bertz CT molecular complexity index is 1200. The third-order valence-corrected chi connectivity index (χ3v) is 6.59. The Balaban J connectivity index is 1.90. The molecule has 0 fully saturated rings. The summed E-state index contributed by atoms with van der Waals surface area (Å²) >= 11 is 12.7. The fourth-order valence-electron chi connectivity index (χ4n) is 3.23. The van der Waals surface area contributed by atoms with Gasteiger partial charge in [0.15, 0.2) is 9.84 Å². The van der Waals surface area contributed by atoms with Crippen LogP contribution in [0.15, 0.2) is 71.6 Å². The third-order valence-electron chi connectivity index (χ3n) is 4.65. The van der Waals surface area contributed by atoms with Crippen molar-refractivity contribution in [3.63, 3.8) is 0 Å². The summed E-state index contributed by atoms with van der Waals surface area (Å²) in [5.41, 5.74) is 3.52. The molecule has 0 saturated carbocycles. The lowest BCUT2D eigenvalue weighted by Crippen LogP contribution is -2.10. The van der Waals surface area contributed by atoms with Crippen LogP contribution in [0.3, 0.4) is 0 Å². The predicted molar refractivity (Wildman–Crippen MR) is 114 cm³/mol. The van der Waals surface area contributed by atoms with Gasteiger partial charge < -0.3 is 4.74 Å². The molecule has 1 heterocycles. The molecule has 0 saturated heterocycles. The van der Waals surface area contributed by atoms with Gasteiger partial charge in [-0.2, -0.15) is 0 Å². The highest BCUT2D eigenvalue weighted by Crippen LogP contribution is 2.42. The fourth-order valence-corrected chi connectivity index (χ4v) is 4.28. The number of hydrogen-bond acceptors (Lipinski definition) is 3. The first-order valence-electron chi connectivity index (χ1n) is 8.58. The predicted octanol–water partition coefficient (Wildman–Crippen LogP) is 5.90. The molecule has 6 heteroatoms. The van der Waals surface area contributed by atoms with Crippen LogP contribution in [0.25, 0.3) is 11.3 Å². The lowest BCUT2D eigenvalue weighted by atomic mass is 9.92. The Morgan fingerprint density at radius 2 is 1.61 bits per heavy atom. The Morgan fingerprint density at radius 3 is 2.32 bits per heavy atom. The number of hydrogen-bond donors (Lipinski definition) is 0. The molecule has 0 spiro atoms. The maximum Gasteiger partial charge on any atom is 0.175 e. The van der Waals surface area contributed by atoms with E-state index in [1.807, 2.05) is 36.4 Å². The quantitative estimate of drug-likeness (QED) is 0.519. The Kier molecular flexibility index (Phi) is 4.96. The minimum Gasteiger partial charge on any atom is -0.456 e. The standard InChI is InChI=1S/C22H16Cl2O3S/c1-28(25,26)16-11-9-14(10-12-16)22-18(17-6-4-7-19(23)21(17)24)13-15-5-2-3-8-20(15)27-22/h2-12H,13H2,1H3. The van der Waals surface area contributed by atoms with Crippen molar-refractivity contribution in [3.05, 3.63) is 93.5 Å². The van der Waals surface area contributed by atoms with Crippen molar-refractivity contribution < 1.29 is 13.2 Å². The topological polar surface area (TPSA) is 43.4 Å². The summed E-state index contributed by atoms with van der Waals surface area (Å²) in [4.78, 5) is 0.260. The van der Waals surface area contributed by atoms with E-state index in [1.165, 1.54) is 6.26 Å². The van der Waals surface area contributed by atoms with Gasteiger partial charge in [-0.3, -0.25) is 0 Å². The highest BCUT2D eigenvalue weighted by Gasteiger charge is 2.24. The summed E-state index contributed by atoms with van der Waals surface area (Å²) in [6.45, 7) is 0. The molecule has 0 aliphatic carbocycles. The Morgan fingerprint density at radius 1 is 0.893 bits per heavy atom. The first kappa shape index (κ1) is 19.1. The molecule has 0 radical (unpaired) electrons. The number of sulfone groups is 1. The summed E-state index contributed by atoms with van der Waals surface area (Å²) in [5.74, 6) is 1.41. The largest absolute Gasteiger partial charge is 0.456 e. The van der Waals surface area contributed by atoms with E-state index < -0.39 is 9.84 Å². The minimum atomic E-state index is -3.27. The second-order valence-electron chi connectivity index (χ2n) is 6.59. The average Bonchev–Trinajstić information content (AvgIpc) is 2.68. The van der Waals surface area contributed by atoms with Gasteiger partial charge in [-0.25, -0.2) is 8.42 Å². The van der Waals surface area contributed by atoms with E-state index in [4.69, 9.17) is 27.9 Å². The summed E-state index contributed by atoms with van der Waals surface area (Å²) in [6, 6.07) is 20.0. The van der Waals surface area contributed by atoms with Crippen molar-refractivity contribution in [2.24, 2.45) is 0 Å². The number of para-hydroxylation sites is 1. The Hall–Kier alpha value is -2.27. The van der Waals surface area contributed by atoms with Gasteiger partial charge in [0.25, 0.3) is 0 Å². The van der Waals surface area contributed by atoms with Crippen molar-refractivity contribution in [3.8, 4) is 5.75 Å². The van der Waals surface area contributed by atoms with Crippen LogP contribution in [0.5, 0.6) is 5.75 Å². The second kappa shape index (κ2) is 7.28. The number of ether oxygens (including phenoxy) is 1. The highest BCUT2D eigenvalue weighted by molar-refractivity contribution is 7.90. The Labute approximate surface area is 174 Å². The fraction of sp³-hybridized carbons (Fsp3) is 0.0909. The van der Waals surface area contributed by atoms with Crippen LogP contribution in [-0.4, -0.2) is 14.7 Å². The molecule has 0 amide bonds. The maximum absolute atomic E-state index is 11.8. The first-order valence-corrected chi connectivity index (χ1v) is 11.2. The van der Waals surface area contributed by atoms with Crippen LogP contribution >= 0.6 is 23.2 Å². The third kappa shape index (κ3) is 3.55. The van der Waals surface area contributed by atoms with Crippen LogP contribution in [-0.2, 0) is 16.3 Å². The molecule has 142 valence electrons. The van der Waals surface area contributed by atoms with E-state index in [-0.39, 0.29) is 4.90 Å². The van der Waals surface area contributed by atoms with E-state index in [0.29, 0.717) is 22.2 Å². The van der Waals surface area contributed by atoms with Gasteiger partial charge in [-0.1, -0.05) is 53.5 Å². The zero-order valence-corrected chi connectivity index (χ0v) is 17.3. The van der Waals surface area contributed by atoms with E-state index in [0.717, 1.165) is 28.0 Å². The van der Waals surface area contributed by atoms with Gasteiger partial charge in [0.05, 0.1) is 14.9 Å². The summed E-state index contributed by atoms with van der Waals surface area (Å²) in [6.07, 6.45) is 1.81. The van der Waals surface area contributed by atoms with Gasteiger partial charge in [-0.15, -0.1) is 0 Å². The zero-order chi connectivity index (χ0) is 19.9. The van der Waals surface area contributed by atoms with Crippen LogP contribution in [0.2, 0.25) is 10.0 Å². The van der Waals surface area contributed by atoms with Gasteiger partial charge >= 0.3 is 0 Å². The minimum absolute atomic E-state index is 0.260.